The maximum atomic E-state index is 3.89. The molecule has 0 saturated carbocycles. The lowest BCUT2D eigenvalue weighted by atomic mass is 10.1. The van der Waals surface area contributed by atoms with Crippen LogP contribution < -0.4 is 0 Å². The summed E-state index contributed by atoms with van der Waals surface area (Å²) in [6.45, 7) is 6.18. The van der Waals surface area contributed by atoms with Gasteiger partial charge in [-0.15, -0.1) is 0 Å². The minimum atomic E-state index is 1.11. The molecule has 0 unspecified atom stereocenters. The van der Waals surface area contributed by atoms with Crippen molar-refractivity contribution in [2.75, 3.05) is 0 Å². The molecule has 0 aliphatic rings. The first kappa shape index (κ1) is 21.7. The van der Waals surface area contributed by atoms with Gasteiger partial charge in [-0.1, -0.05) is 116 Å². The molecule has 0 aliphatic carbocycles. The Balaban J connectivity index is 3.02. The number of hydrogen-bond acceptors (Lipinski definition) is 0. The second kappa shape index (κ2) is 20.7. The van der Waals surface area contributed by atoms with Crippen molar-refractivity contribution in [2.24, 2.45) is 0 Å². The summed E-state index contributed by atoms with van der Waals surface area (Å²) in [7, 11) is 0. The third kappa shape index (κ3) is 19.7. The third-order valence-corrected chi connectivity index (χ3v) is 4.51. The zero-order valence-corrected chi connectivity index (χ0v) is 15.6. The topological polar surface area (TPSA) is 0 Å². The van der Waals surface area contributed by atoms with Crippen LogP contribution in [-0.4, -0.2) is 0 Å². The van der Waals surface area contributed by atoms with Gasteiger partial charge in [-0.2, -0.15) is 0 Å². The first-order valence-electron chi connectivity index (χ1n) is 10.4. The van der Waals surface area contributed by atoms with Crippen LogP contribution in [0, 0.1) is 6.92 Å². The van der Waals surface area contributed by atoms with Gasteiger partial charge in [-0.3, -0.25) is 0 Å². The van der Waals surface area contributed by atoms with Crippen LogP contribution in [0.2, 0.25) is 0 Å². The van der Waals surface area contributed by atoms with E-state index in [1.165, 1.54) is 109 Å². The zero-order valence-electron chi connectivity index (χ0n) is 15.6. The fourth-order valence-electron chi connectivity index (χ4n) is 2.95. The molecule has 0 nitrogen and oxygen atoms in total. The fourth-order valence-corrected chi connectivity index (χ4v) is 2.95. The van der Waals surface area contributed by atoms with E-state index in [1.807, 2.05) is 0 Å². The molecule has 0 aromatic rings. The number of allylic oxidation sites excluding steroid dienone is 2. The first-order chi connectivity index (χ1) is 10.9. The summed E-state index contributed by atoms with van der Waals surface area (Å²) in [5, 5.41) is 0. The molecule has 0 N–H and O–H groups in total. The molecule has 0 saturated heterocycles. The minimum Gasteiger partial charge on any atom is -0.0885 e. The van der Waals surface area contributed by atoms with Crippen molar-refractivity contribution in [1.29, 1.82) is 0 Å². The first-order valence-corrected chi connectivity index (χ1v) is 10.4. The molecular formula is C22H43. The molecule has 0 aromatic heterocycles. The van der Waals surface area contributed by atoms with Crippen molar-refractivity contribution in [2.45, 2.75) is 122 Å². The summed E-state index contributed by atoms with van der Waals surface area (Å²) in [6.07, 6.45) is 29.8. The van der Waals surface area contributed by atoms with E-state index in [2.05, 4.69) is 26.0 Å². The van der Waals surface area contributed by atoms with E-state index < -0.39 is 0 Å². The summed E-state index contributed by atoms with van der Waals surface area (Å²) in [5.74, 6) is 0. The molecule has 0 spiro atoms. The van der Waals surface area contributed by atoms with Crippen LogP contribution in [0.1, 0.15) is 122 Å². The van der Waals surface area contributed by atoms with Gasteiger partial charge < -0.3 is 0 Å². The van der Waals surface area contributed by atoms with Crippen molar-refractivity contribution in [1.82, 2.24) is 0 Å². The highest BCUT2D eigenvalue weighted by Crippen LogP contribution is 2.12. The fraction of sp³-hybridized carbons (Fsp3) is 0.864. The predicted octanol–water partition coefficient (Wildman–Crippen LogP) is 8.42. The highest BCUT2D eigenvalue weighted by Gasteiger charge is 1.92. The van der Waals surface area contributed by atoms with Crippen LogP contribution >= 0.6 is 0 Å². The highest BCUT2D eigenvalue weighted by atomic mass is 14.0. The second-order valence-electron chi connectivity index (χ2n) is 6.85. The lowest BCUT2D eigenvalue weighted by Crippen LogP contribution is -1.81. The molecule has 0 rings (SSSR count). The number of hydrogen-bond donors (Lipinski definition) is 0. The molecule has 131 valence electrons. The van der Waals surface area contributed by atoms with Crippen LogP contribution in [0.3, 0.4) is 0 Å². The highest BCUT2D eigenvalue weighted by molar-refractivity contribution is 4.81. The average Bonchev–Trinajstić information content (AvgIpc) is 2.54. The molecular weight excluding hydrogens is 264 g/mol. The van der Waals surface area contributed by atoms with Gasteiger partial charge in [0.05, 0.1) is 0 Å². The Morgan fingerprint density at radius 3 is 1.27 bits per heavy atom. The molecule has 0 fully saturated rings. The van der Waals surface area contributed by atoms with Crippen LogP contribution in [0.4, 0.5) is 0 Å². The monoisotopic (exact) mass is 307 g/mol. The van der Waals surface area contributed by atoms with Crippen LogP contribution in [-0.2, 0) is 0 Å². The van der Waals surface area contributed by atoms with Gasteiger partial charge in [-0.05, 0) is 25.7 Å². The van der Waals surface area contributed by atoms with Gasteiger partial charge in [0.1, 0.15) is 0 Å². The van der Waals surface area contributed by atoms with E-state index in [0.717, 1.165) is 6.42 Å². The molecule has 0 bridgehead atoms. The van der Waals surface area contributed by atoms with E-state index in [-0.39, 0.29) is 0 Å². The summed E-state index contributed by atoms with van der Waals surface area (Å²) in [5.41, 5.74) is 0. The average molecular weight is 308 g/mol. The smallest absolute Gasteiger partial charge is 0.0351 e. The van der Waals surface area contributed by atoms with E-state index >= 15 is 0 Å². The zero-order chi connectivity index (χ0) is 16.1. The lowest BCUT2D eigenvalue weighted by molar-refractivity contribution is 0.557. The SMILES string of the molecule is [CH2]CCCCCCCC=CCCCCCCCCCCCC. The van der Waals surface area contributed by atoms with Gasteiger partial charge >= 0.3 is 0 Å². The molecule has 22 heavy (non-hydrogen) atoms. The maximum Gasteiger partial charge on any atom is -0.0351 e. The van der Waals surface area contributed by atoms with E-state index in [9.17, 15) is 0 Å². The van der Waals surface area contributed by atoms with Gasteiger partial charge in [0, 0.05) is 0 Å². The summed E-state index contributed by atoms with van der Waals surface area (Å²) in [6, 6.07) is 0. The van der Waals surface area contributed by atoms with Gasteiger partial charge in [0.15, 0.2) is 0 Å². The Hall–Kier alpha value is -0.260. The van der Waals surface area contributed by atoms with Crippen molar-refractivity contribution >= 4 is 0 Å². The van der Waals surface area contributed by atoms with Crippen molar-refractivity contribution in [3.63, 3.8) is 0 Å². The standard InChI is InChI=1S/C22H43/c1-3-5-7-9-11-13-15-17-19-21-22-20-18-16-14-12-10-8-6-4-2/h17,19H,1,3-16,18,20-22H2,2H3. The second-order valence-corrected chi connectivity index (χ2v) is 6.85. The quantitative estimate of drug-likeness (QED) is 0.176. The lowest BCUT2D eigenvalue weighted by Gasteiger charge is -2.01. The molecule has 0 aromatic carbocycles. The molecule has 1 radical (unpaired) electrons. The summed E-state index contributed by atoms with van der Waals surface area (Å²) in [4.78, 5) is 0. The Kier molecular flexibility index (Phi) is 20.5. The number of unbranched alkanes of at least 4 members (excludes halogenated alkanes) is 16. The summed E-state index contributed by atoms with van der Waals surface area (Å²) < 4.78 is 0. The van der Waals surface area contributed by atoms with E-state index in [0.29, 0.717) is 0 Å². The van der Waals surface area contributed by atoms with Gasteiger partial charge in [0.2, 0.25) is 0 Å². The molecule has 0 amide bonds. The Morgan fingerprint density at radius 2 is 0.864 bits per heavy atom. The summed E-state index contributed by atoms with van der Waals surface area (Å²) >= 11 is 0. The molecule has 0 aliphatic heterocycles. The van der Waals surface area contributed by atoms with Crippen LogP contribution in [0.5, 0.6) is 0 Å². The normalized spacial score (nSPS) is 11.5. The largest absolute Gasteiger partial charge is 0.0885 e. The minimum absolute atomic E-state index is 1.11. The predicted molar refractivity (Wildman–Crippen MR) is 103 cm³/mol. The van der Waals surface area contributed by atoms with E-state index in [1.54, 1.807) is 0 Å². The third-order valence-electron chi connectivity index (χ3n) is 4.51. The van der Waals surface area contributed by atoms with Crippen molar-refractivity contribution in [3.05, 3.63) is 19.1 Å². The van der Waals surface area contributed by atoms with Crippen LogP contribution in [0.15, 0.2) is 12.2 Å². The van der Waals surface area contributed by atoms with Gasteiger partial charge in [0.25, 0.3) is 0 Å². The van der Waals surface area contributed by atoms with Crippen LogP contribution in [0.25, 0.3) is 0 Å². The van der Waals surface area contributed by atoms with Crippen molar-refractivity contribution < 1.29 is 0 Å². The Labute approximate surface area is 142 Å². The maximum absolute atomic E-state index is 3.89. The molecule has 0 atom stereocenters. The Bertz CT molecular complexity index is 204. The van der Waals surface area contributed by atoms with Crippen molar-refractivity contribution in [3.8, 4) is 0 Å². The number of rotatable bonds is 18. The Morgan fingerprint density at radius 1 is 0.500 bits per heavy atom. The molecule has 0 heterocycles. The van der Waals surface area contributed by atoms with E-state index in [4.69, 9.17) is 0 Å². The van der Waals surface area contributed by atoms with Gasteiger partial charge in [-0.25, -0.2) is 0 Å². The molecule has 0 heteroatoms.